The van der Waals surface area contributed by atoms with Crippen LogP contribution in [-0.4, -0.2) is 19.6 Å². The number of fused-ring (bicyclic) bond motifs is 1. The highest BCUT2D eigenvalue weighted by Crippen LogP contribution is 2.19. The molecule has 0 spiro atoms. The van der Waals surface area contributed by atoms with Crippen molar-refractivity contribution in [3.05, 3.63) is 34.9 Å². The number of rotatable bonds is 1. The number of aryl methyl sites for hydroxylation is 1. The monoisotopic (exact) mass is 241 g/mol. The SMILES string of the molecule is COC(=O)c1cccc2c1CNCCC2.Cl. The molecule has 0 aromatic heterocycles. The van der Waals surface area contributed by atoms with E-state index in [1.54, 1.807) is 0 Å². The summed E-state index contributed by atoms with van der Waals surface area (Å²) in [5, 5.41) is 3.32. The summed E-state index contributed by atoms with van der Waals surface area (Å²) in [7, 11) is 1.42. The van der Waals surface area contributed by atoms with E-state index in [1.165, 1.54) is 12.7 Å². The van der Waals surface area contributed by atoms with Crippen LogP contribution in [0.1, 0.15) is 27.9 Å². The fourth-order valence-corrected chi connectivity index (χ4v) is 2.00. The molecule has 0 radical (unpaired) electrons. The van der Waals surface area contributed by atoms with Crippen molar-refractivity contribution in [2.45, 2.75) is 19.4 Å². The molecular weight excluding hydrogens is 226 g/mol. The van der Waals surface area contributed by atoms with Gasteiger partial charge in [-0.3, -0.25) is 0 Å². The number of methoxy groups -OCH3 is 1. The van der Waals surface area contributed by atoms with E-state index in [0.717, 1.165) is 31.5 Å². The Morgan fingerprint density at radius 3 is 3.00 bits per heavy atom. The van der Waals surface area contributed by atoms with Crippen LogP contribution in [0, 0.1) is 0 Å². The average molecular weight is 242 g/mol. The molecule has 1 aliphatic rings. The van der Waals surface area contributed by atoms with Gasteiger partial charge < -0.3 is 10.1 Å². The first kappa shape index (κ1) is 13.0. The number of ether oxygens (including phenoxy) is 1. The number of hydrogen-bond acceptors (Lipinski definition) is 3. The number of carbonyl (C=O) groups is 1. The van der Waals surface area contributed by atoms with Crippen LogP contribution in [0.15, 0.2) is 18.2 Å². The molecule has 1 aromatic carbocycles. The van der Waals surface area contributed by atoms with Gasteiger partial charge in [-0.05, 0) is 36.6 Å². The second kappa shape index (κ2) is 5.87. The molecule has 0 saturated carbocycles. The van der Waals surface area contributed by atoms with E-state index in [9.17, 15) is 4.79 Å². The van der Waals surface area contributed by atoms with Crippen LogP contribution < -0.4 is 5.32 Å². The predicted octanol–water partition coefficient (Wildman–Crippen LogP) is 1.93. The number of hydrogen-bond donors (Lipinski definition) is 1. The van der Waals surface area contributed by atoms with E-state index in [0.29, 0.717) is 5.56 Å². The molecule has 16 heavy (non-hydrogen) atoms. The van der Waals surface area contributed by atoms with Crippen molar-refractivity contribution in [1.29, 1.82) is 0 Å². The van der Waals surface area contributed by atoms with Crippen molar-refractivity contribution in [1.82, 2.24) is 5.32 Å². The molecular formula is C12H16ClNO2. The van der Waals surface area contributed by atoms with Gasteiger partial charge in [0.25, 0.3) is 0 Å². The summed E-state index contributed by atoms with van der Waals surface area (Å²) in [6, 6.07) is 5.85. The first-order valence-corrected chi connectivity index (χ1v) is 5.22. The Morgan fingerprint density at radius 2 is 2.25 bits per heavy atom. The Balaban J connectivity index is 0.00000128. The maximum absolute atomic E-state index is 11.5. The number of nitrogens with one attached hydrogen (secondary N) is 1. The summed E-state index contributed by atoms with van der Waals surface area (Å²) in [6.07, 6.45) is 2.16. The Bertz CT molecular complexity index is 379. The second-order valence-electron chi connectivity index (χ2n) is 3.72. The summed E-state index contributed by atoms with van der Waals surface area (Å²) < 4.78 is 4.78. The zero-order chi connectivity index (χ0) is 10.7. The number of halogens is 1. The zero-order valence-electron chi connectivity index (χ0n) is 9.29. The third-order valence-electron chi connectivity index (χ3n) is 2.78. The third kappa shape index (κ3) is 2.54. The van der Waals surface area contributed by atoms with E-state index in [-0.39, 0.29) is 18.4 Å². The van der Waals surface area contributed by atoms with E-state index in [4.69, 9.17) is 4.74 Å². The van der Waals surface area contributed by atoms with Crippen molar-refractivity contribution < 1.29 is 9.53 Å². The second-order valence-corrected chi connectivity index (χ2v) is 3.72. The molecule has 0 bridgehead atoms. The average Bonchev–Trinajstić information content (AvgIpc) is 2.52. The van der Waals surface area contributed by atoms with Crippen LogP contribution in [-0.2, 0) is 17.7 Å². The van der Waals surface area contributed by atoms with Gasteiger partial charge in [0, 0.05) is 6.54 Å². The zero-order valence-corrected chi connectivity index (χ0v) is 10.1. The Labute approximate surface area is 102 Å². The Morgan fingerprint density at radius 1 is 1.44 bits per heavy atom. The predicted molar refractivity (Wildman–Crippen MR) is 65.1 cm³/mol. The molecule has 1 aromatic rings. The fraction of sp³-hybridized carbons (Fsp3) is 0.417. The van der Waals surface area contributed by atoms with E-state index < -0.39 is 0 Å². The summed E-state index contributed by atoms with van der Waals surface area (Å²) in [4.78, 5) is 11.5. The van der Waals surface area contributed by atoms with Crippen molar-refractivity contribution in [3.63, 3.8) is 0 Å². The molecule has 0 fully saturated rings. The van der Waals surface area contributed by atoms with Crippen LogP contribution in [0.2, 0.25) is 0 Å². The van der Waals surface area contributed by atoms with Crippen molar-refractivity contribution >= 4 is 18.4 Å². The molecule has 3 nitrogen and oxygen atoms in total. The lowest BCUT2D eigenvalue weighted by atomic mass is 9.99. The molecule has 1 N–H and O–H groups in total. The van der Waals surface area contributed by atoms with Gasteiger partial charge >= 0.3 is 5.97 Å². The smallest absolute Gasteiger partial charge is 0.338 e. The van der Waals surface area contributed by atoms with Crippen molar-refractivity contribution in [2.24, 2.45) is 0 Å². The summed E-state index contributed by atoms with van der Waals surface area (Å²) in [5.41, 5.74) is 3.06. The van der Waals surface area contributed by atoms with Gasteiger partial charge in [0.1, 0.15) is 0 Å². The normalized spacial score (nSPS) is 14.3. The van der Waals surface area contributed by atoms with Crippen molar-refractivity contribution in [2.75, 3.05) is 13.7 Å². The van der Waals surface area contributed by atoms with Gasteiger partial charge in [-0.1, -0.05) is 12.1 Å². The maximum Gasteiger partial charge on any atom is 0.338 e. The van der Waals surface area contributed by atoms with E-state index in [1.807, 2.05) is 12.1 Å². The van der Waals surface area contributed by atoms with Crippen LogP contribution in [0.3, 0.4) is 0 Å². The highest BCUT2D eigenvalue weighted by Gasteiger charge is 2.16. The topological polar surface area (TPSA) is 38.3 Å². The van der Waals surface area contributed by atoms with Gasteiger partial charge in [0.15, 0.2) is 0 Å². The van der Waals surface area contributed by atoms with Crippen molar-refractivity contribution in [3.8, 4) is 0 Å². The van der Waals surface area contributed by atoms with E-state index in [2.05, 4.69) is 11.4 Å². The van der Waals surface area contributed by atoms with Gasteiger partial charge in [-0.2, -0.15) is 0 Å². The number of carbonyl (C=O) groups excluding carboxylic acids is 1. The summed E-state index contributed by atoms with van der Waals surface area (Å²) in [5.74, 6) is -0.240. The molecule has 88 valence electrons. The quantitative estimate of drug-likeness (QED) is 0.764. The number of benzene rings is 1. The largest absolute Gasteiger partial charge is 0.465 e. The molecule has 0 amide bonds. The standard InChI is InChI=1S/C12H15NO2.ClH/c1-15-12(14)10-6-2-4-9-5-3-7-13-8-11(9)10;/h2,4,6,13H,3,5,7-8H2,1H3;1H. The summed E-state index contributed by atoms with van der Waals surface area (Å²) in [6.45, 7) is 1.77. The summed E-state index contributed by atoms with van der Waals surface area (Å²) >= 11 is 0. The Kier molecular flexibility index (Phi) is 4.77. The van der Waals surface area contributed by atoms with Gasteiger partial charge in [0.05, 0.1) is 12.7 Å². The van der Waals surface area contributed by atoms with Crippen LogP contribution in [0.4, 0.5) is 0 Å². The molecule has 4 heteroatoms. The first-order chi connectivity index (χ1) is 7.33. The molecule has 2 rings (SSSR count). The maximum atomic E-state index is 11.5. The Hall–Kier alpha value is -1.06. The minimum Gasteiger partial charge on any atom is -0.465 e. The van der Waals surface area contributed by atoms with Crippen LogP contribution in [0.5, 0.6) is 0 Å². The third-order valence-corrected chi connectivity index (χ3v) is 2.78. The van der Waals surface area contributed by atoms with Gasteiger partial charge in [-0.15, -0.1) is 12.4 Å². The number of esters is 1. The molecule has 0 aliphatic carbocycles. The molecule has 1 aliphatic heterocycles. The molecule has 0 atom stereocenters. The minimum absolute atomic E-state index is 0. The minimum atomic E-state index is -0.240. The first-order valence-electron chi connectivity index (χ1n) is 5.22. The van der Waals surface area contributed by atoms with Gasteiger partial charge in [-0.25, -0.2) is 4.79 Å². The highest BCUT2D eigenvalue weighted by molar-refractivity contribution is 5.91. The van der Waals surface area contributed by atoms with E-state index >= 15 is 0 Å². The lowest BCUT2D eigenvalue weighted by molar-refractivity contribution is 0.0599. The highest BCUT2D eigenvalue weighted by atomic mass is 35.5. The lowest BCUT2D eigenvalue weighted by Crippen LogP contribution is -2.15. The molecule has 1 heterocycles. The lowest BCUT2D eigenvalue weighted by Gasteiger charge is -2.10. The van der Waals surface area contributed by atoms with Crippen LogP contribution in [0.25, 0.3) is 0 Å². The van der Waals surface area contributed by atoms with Crippen LogP contribution >= 0.6 is 12.4 Å². The van der Waals surface area contributed by atoms with Gasteiger partial charge in [0.2, 0.25) is 0 Å². The fourth-order valence-electron chi connectivity index (χ4n) is 2.00. The molecule has 0 unspecified atom stereocenters. The molecule has 0 saturated heterocycles.